The fourth-order valence-electron chi connectivity index (χ4n) is 12.1. The number of thiophene rings is 1. The second kappa shape index (κ2) is 16.8. The molecule has 74 heavy (non-hydrogen) atoms. The van der Waals surface area contributed by atoms with Gasteiger partial charge in [0.05, 0.1) is 11.4 Å². The van der Waals surface area contributed by atoms with Crippen molar-refractivity contribution >= 4 is 110 Å². The van der Waals surface area contributed by atoms with Crippen molar-refractivity contribution in [1.29, 1.82) is 0 Å². The van der Waals surface area contributed by atoms with Crippen molar-refractivity contribution in [3.8, 4) is 22.3 Å². The van der Waals surface area contributed by atoms with Crippen LogP contribution < -0.4 is 25.5 Å². The maximum atomic E-state index is 2.62. The van der Waals surface area contributed by atoms with E-state index in [2.05, 4.69) is 267 Å². The minimum Gasteiger partial charge on any atom is -0.311 e. The summed E-state index contributed by atoms with van der Waals surface area (Å²) in [5.41, 5.74) is 20.2. The van der Waals surface area contributed by atoms with Crippen LogP contribution in [0.25, 0.3) is 64.7 Å². The molecule has 362 valence electrons. The van der Waals surface area contributed by atoms with Crippen LogP contribution in [0.2, 0.25) is 0 Å². The lowest BCUT2D eigenvalue weighted by molar-refractivity contribution is 0.590. The number of rotatable bonds is 5. The highest BCUT2D eigenvalue weighted by atomic mass is 32.1. The minimum atomic E-state index is -0.0708. The van der Waals surface area contributed by atoms with E-state index in [4.69, 9.17) is 0 Å². The summed E-state index contributed by atoms with van der Waals surface area (Å²) in [6.07, 6.45) is 0.998. The highest BCUT2D eigenvalue weighted by Gasteiger charge is 2.46. The summed E-state index contributed by atoms with van der Waals surface area (Å²) >= 11 is 1.98. The lowest BCUT2D eigenvalue weighted by Crippen LogP contribution is -2.60. The van der Waals surface area contributed by atoms with Gasteiger partial charge in [0.25, 0.3) is 6.71 Å². The zero-order valence-corrected chi connectivity index (χ0v) is 45.3. The molecule has 0 amide bonds. The summed E-state index contributed by atoms with van der Waals surface area (Å²) in [7, 11) is 0. The average molecular weight is 975 g/mol. The van der Waals surface area contributed by atoms with E-state index in [1.54, 1.807) is 0 Å². The van der Waals surface area contributed by atoms with E-state index in [1.165, 1.54) is 137 Å². The zero-order valence-electron chi connectivity index (χ0n) is 44.5. The number of hydrogen-bond acceptors (Lipinski definition) is 3. The highest BCUT2D eigenvalue weighted by Crippen LogP contribution is 2.51. The van der Waals surface area contributed by atoms with Crippen molar-refractivity contribution in [1.82, 2.24) is 0 Å². The Kier molecular flexibility index (Phi) is 10.5. The number of aryl methyl sites for hydroxylation is 1. The number of anilines is 6. The molecule has 0 saturated carbocycles. The molecule has 11 aromatic rings. The first-order chi connectivity index (χ1) is 35.5. The van der Waals surface area contributed by atoms with E-state index in [-0.39, 0.29) is 23.0 Å². The van der Waals surface area contributed by atoms with Gasteiger partial charge >= 0.3 is 0 Å². The van der Waals surface area contributed by atoms with E-state index in [0.717, 1.165) is 6.42 Å². The van der Waals surface area contributed by atoms with Crippen LogP contribution in [0.1, 0.15) is 91.5 Å². The van der Waals surface area contributed by atoms with Crippen LogP contribution in [0, 0.1) is 0 Å². The first-order valence-corrected chi connectivity index (χ1v) is 27.5. The van der Waals surface area contributed by atoms with Gasteiger partial charge in [-0.2, -0.15) is 0 Å². The second-order valence-electron chi connectivity index (χ2n) is 24.0. The smallest absolute Gasteiger partial charge is 0.264 e. The summed E-state index contributed by atoms with van der Waals surface area (Å²) in [5, 5.41) is 9.03. The van der Waals surface area contributed by atoms with Gasteiger partial charge in [-0.3, -0.25) is 0 Å². The predicted octanol–water partition coefficient (Wildman–Crippen LogP) is 18.2. The molecule has 0 radical (unpaired) electrons. The third kappa shape index (κ3) is 7.35. The van der Waals surface area contributed by atoms with E-state index >= 15 is 0 Å². The maximum absolute atomic E-state index is 2.62. The van der Waals surface area contributed by atoms with Crippen LogP contribution in [0.4, 0.5) is 34.1 Å². The molecule has 2 aliphatic rings. The van der Waals surface area contributed by atoms with Crippen LogP contribution in [-0.2, 0) is 22.7 Å². The summed E-state index contributed by atoms with van der Waals surface area (Å²) in [6.45, 7) is 23.2. The van der Waals surface area contributed by atoms with Crippen molar-refractivity contribution in [3.63, 3.8) is 0 Å². The Morgan fingerprint density at radius 3 is 1.62 bits per heavy atom. The molecule has 10 aromatic carbocycles. The number of hydrogen-bond donors (Lipinski definition) is 0. The zero-order chi connectivity index (χ0) is 51.0. The Bertz CT molecular complexity index is 4050. The number of nitrogens with zero attached hydrogens (tertiary/aromatic N) is 2. The summed E-state index contributed by atoms with van der Waals surface area (Å²) in [5.74, 6) is 0. The van der Waals surface area contributed by atoms with Gasteiger partial charge in [0.1, 0.15) is 0 Å². The van der Waals surface area contributed by atoms with Crippen molar-refractivity contribution in [2.45, 2.75) is 91.9 Å². The Labute approximate surface area is 442 Å². The fourth-order valence-corrected chi connectivity index (χ4v) is 13.4. The van der Waals surface area contributed by atoms with Crippen molar-refractivity contribution < 1.29 is 0 Å². The largest absolute Gasteiger partial charge is 0.311 e. The summed E-state index contributed by atoms with van der Waals surface area (Å²) in [4.78, 5) is 5.23. The molecule has 2 aliphatic heterocycles. The van der Waals surface area contributed by atoms with E-state index in [0.29, 0.717) is 0 Å². The molecule has 0 bridgehead atoms. The molecular weight excluding hydrogens is 912 g/mol. The minimum absolute atomic E-state index is 0.00301. The first kappa shape index (κ1) is 46.4. The molecule has 2 nitrogen and oxygen atoms in total. The molecule has 0 spiro atoms. The first-order valence-electron chi connectivity index (χ1n) is 26.7. The van der Waals surface area contributed by atoms with Gasteiger partial charge in [0, 0.05) is 43.2 Å². The molecule has 0 atom stereocenters. The second-order valence-corrected chi connectivity index (χ2v) is 25.1. The Morgan fingerprint density at radius 2 is 0.959 bits per heavy atom. The SMILES string of the molecule is CCc1ccc(N2c3cccc4c3B(c3cc(-c5cccc(C(C)(C)C)c5)ccc3N4c3ccc(C(C)(C)C)cc3-c3ccc4c5ccccc5c5ccccc5c4c3)c3sc4ccc(C(C)(C)C)cc4c32)cc1. The van der Waals surface area contributed by atoms with Gasteiger partial charge < -0.3 is 9.80 Å². The number of fused-ring (bicyclic) bond motifs is 12. The fraction of sp³-hybridized carbons (Fsp3) is 0.200. The van der Waals surface area contributed by atoms with Crippen molar-refractivity contribution in [2.24, 2.45) is 0 Å². The third-order valence-electron chi connectivity index (χ3n) is 16.3. The van der Waals surface area contributed by atoms with E-state index in [1.807, 2.05) is 11.3 Å². The van der Waals surface area contributed by atoms with Gasteiger partial charge in [0.15, 0.2) is 0 Å². The predicted molar refractivity (Wildman–Crippen MR) is 325 cm³/mol. The summed E-state index contributed by atoms with van der Waals surface area (Å²) in [6, 6.07) is 72.7. The molecule has 1 aromatic heterocycles. The Hall–Kier alpha value is -7.40. The van der Waals surface area contributed by atoms with Crippen LogP contribution in [0.3, 0.4) is 0 Å². The topological polar surface area (TPSA) is 6.48 Å². The van der Waals surface area contributed by atoms with Gasteiger partial charge in [0.2, 0.25) is 0 Å². The normalized spacial score (nSPS) is 13.5. The molecule has 0 N–H and O–H groups in total. The summed E-state index contributed by atoms with van der Waals surface area (Å²) < 4.78 is 2.71. The lowest BCUT2D eigenvalue weighted by atomic mass is 9.36. The molecule has 0 saturated heterocycles. The van der Waals surface area contributed by atoms with Crippen LogP contribution >= 0.6 is 11.3 Å². The van der Waals surface area contributed by atoms with E-state index in [9.17, 15) is 0 Å². The van der Waals surface area contributed by atoms with E-state index < -0.39 is 0 Å². The Balaban J connectivity index is 1.12. The molecule has 0 unspecified atom stereocenters. The lowest BCUT2D eigenvalue weighted by Gasteiger charge is -2.43. The molecule has 13 rings (SSSR count). The van der Waals surface area contributed by atoms with Crippen LogP contribution in [0.5, 0.6) is 0 Å². The molecular formula is C70H63BN2S. The number of benzene rings is 10. The van der Waals surface area contributed by atoms with Gasteiger partial charge in [-0.15, -0.1) is 11.3 Å². The molecule has 0 aliphatic carbocycles. The van der Waals surface area contributed by atoms with Gasteiger partial charge in [-0.05, 0) is 166 Å². The maximum Gasteiger partial charge on any atom is 0.264 e. The quantitative estimate of drug-likeness (QED) is 0.125. The van der Waals surface area contributed by atoms with Crippen LogP contribution in [-0.4, -0.2) is 6.71 Å². The third-order valence-corrected chi connectivity index (χ3v) is 17.5. The molecule has 0 fully saturated rings. The molecule has 4 heteroatoms. The Morgan fingerprint density at radius 1 is 0.405 bits per heavy atom. The van der Waals surface area contributed by atoms with Gasteiger partial charge in [-0.1, -0.05) is 197 Å². The van der Waals surface area contributed by atoms with Gasteiger partial charge in [-0.25, -0.2) is 0 Å². The molecule has 3 heterocycles. The highest BCUT2D eigenvalue weighted by molar-refractivity contribution is 7.33. The standard InChI is InChI=1S/C70H63BN2S/c1-11-43-26-32-50(33-27-43)72-62-24-17-25-63-65(62)71(67-66(72)58-42-49(70(8,9)10)31-37-64(58)74-67)59-40-45(44-18-16-19-47(38-44)68(2,3)4)29-35-61(59)73(63)60-36-30-48(69(5,6)7)41-56(60)46-28-34-55-53-22-13-12-20-51(53)52-21-14-15-23-54(52)57(55)39-46/h12-42H,11H2,1-10H3. The van der Waals surface area contributed by atoms with Crippen molar-refractivity contribution in [3.05, 3.63) is 210 Å². The van der Waals surface area contributed by atoms with Crippen molar-refractivity contribution in [2.75, 3.05) is 9.80 Å². The average Bonchev–Trinajstić information content (AvgIpc) is 3.79. The monoisotopic (exact) mass is 974 g/mol. The van der Waals surface area contributed by atoms with Crippen LogP contribution in [0.15, 0.2) is 188 Å².